The summed E-state index contributed by atoms with van der Waals surface area (Å²) in [6, 6.07) is 4.59. The first-order valence-electron chi connectivity index (χ1n) is 5.91. The average Bonchev–Trinajstić information content (AvgIpc) is 2.29. The molecule has 4 heteroatoms. The van der Waals surface area contributed by atoms with Gasteiger partial charge in [-0.2, -0.15) is 13.2 Å². The highest BCUT2D eigenvalue weighted by Crippen LogP contribution is 2.37. The Hall–Kier alpha value is -1.19. The molecule has 0 aliphatic carbocycles. The van der Waals surface area contributed by atoms with E-state index >= 15 is 0 Å². The Morgan fingerprint density at radius 3 is 2.29 bits per heavy atom. The van der Waals surface area contributed by atoms with E-state index in [4.69, 9.17) is 0 Å². The third kappa shape index (κ3) is 2.73. The second kappa shape index (κ2) is 4.59. The van der Waals surface area contributed by atoms with Crippen molar-refractivity contribution in [3.8, 4) is 0 Å². The molecule has 94 valence electrons. The van der Waals surface area contributed by atoms with E-state index in [0.717, 1.165) is 32.4 Å². The van der Waals surface area contributed by atoms with E-state index in [1.54, 1.807) is 19.1 Å². The number of hydrogen-bond donors (Lipinski definition) is 0. The Bertz CT molecular complexity index is 392. The molecule has 1 nitrogen and oxygen atoms in total. The SMILES string of the molecule is Cc1ccc(N2CCCCC2)c(C(F)(F)F)c1. The van der Waals surface area contributed by atoms with Crippen molar-refractivity contribution in [3.63, 3.8) is 0 Å². The lowest BCUT2D eigenvalue weighted by atomic mass is 10.0. The standard InChI is InChI=1S/C13H16F3N/c1-10-5-6-12(11(9-10)13(14,15)16)17-7-3-2-4-8-17/h5-6,9H,2-4,7-8H2,1H3. The molecule has 0 radical (unpaired) electrons. The van der Waals surface area contributed by atoms with E-state index in [2.05, 4.69) is 0 Å². The van der Waals surface area contributed by atoms with Crippen LogP contribution < -0.4 is 4.90 Å². The van der Waals surface area contributed by atoms with E-state index in [0.29, 0.717) is 11.3 Å². The number of anilines is 1. The number of aryl methyl sites for hydroxylation is 1. The van der Waals surface area contributed by atoms with Gasteiger partial charge in [0.25, 0.3) is 0 Å². The Morgan fingerprint density at radius 1 is 1.06 bits per heavy atom. The number of hydrogen-bond acceptors (Lipinski definition) is 1. The van der Waals surface area contributed by atoms with Crippen LogP contribution in [0.15, 0.2) is 18.2 Å². The van der Waals surface area contributed by atoms with Crippen LogP contribution in [0.25, 0.3) is 0 Å². The van der Waals surface area contributed by atoms with Crippen molar-refractivity contribution in [2.24, 2.45) is 0 Å². The van der Waals surface area contributed by atoms with Crippen LogP contribution in [-0.4, -0.2) is 13.1 Å². The zero-order valence-corrected chi connectivity index (χ0v) is 9.85. The second-order valence-corrected chi connectivity index (χ2v) is 4.57. The average molecular weight is 243 g/mol. The predicted molar refractivity (Wildman–Crippen MR) is 62.2 cm³/mol. The number of halogens is 3. The minimum absolute atomic E-state index is 0.336. The number of nitrogens with zero attached hydrogens (tertiary/aromatic N) is 1. The van der Waals surface area contributed by atoms with Gasteiger partial charge in [0.1, 0.15) is 0 Å². The van der Waals surface area contributed by atoms with Gasteiger partial charge in [-0.05, 0) is 38.3 Å². The van der Waals surface area contributed by atoms with Gasteiger partial charge in [0.2, 0.25) is 0 Å². The quantitative estimate of drug-likeness (QED) is 0.720. The first-order valence-corrected chi connectivity index (χ1v) is 5.91. The van der Waals surface area contributed by atoms with Gasteiger partial charge >= 0.3 is 6.18 Å². The lowest BCUT2D eigenvalue weighted by Gasteiger charge is -2.31. The molecule has 0 amide bonds. The molecule has 17 heavy (non-hydrogen) atoms. The molecule has 0 bridgehead atoms. The van der Waals surface area contributed by atoms with Gasteiger partial charge in [-0.25, -0.2) is 0 Å². The van der Waals surface area contributed by atoms with Crippen LogP contribution in [0.5, 0.6) is 0 Å². The summed E-state index contributed by atoms with van der Waals surface area (Å²) in [4.78, 5) is 1.85. The Kier molecular flexibility index (Phi) is 3.31. The van der Waals surface area contributed by atoms with Crippen LogP contribution in [0.4, 0.5) is 18.9 Å². The van der Waals surface area contributed by atoms with E-state index in [-0.39, 0.29) is 0 Å². The molecular weight excluding hydrogens is 227 g/mol. The Balaban J connectivity index is 2.38. The minimum atomic E-state index is -4.27. The summed E-state index contributed by atoms with van der Waals surface area (Å²) >= 11 is 0. The lowest BCUT2D eigenvalue weighted by Crippen LogP contribution is -2.31. The zero-order chi connectivity index (χ0) is 12.5. The van der Waals surface area contributed by atoms with E-state index in [1.807, 2.05) is 4.90 Å². The molecule has 0 aromatic heterocycles. The summed E-state index contributed by atoms with van der Waals surface area (Å²) < 4.78 is 38.9. The molecule has 1 aliphatic rings. The zero-order valence-electron chi connectivity index (χ0n) is 9.85. The summed E-state index contributed by atoms with van der Waals surface area (Å²) in [7, 11) is 0. The molecule has 1 fully saturated rings. The maximum atomic E-state index is 13.0. The highest BCUT2D eigenvalue weighted by Gasteiger charge is 2.35. The van der Waals surface area contributed by atoms with E-state index in [9.17, 15) is 13.2 Å². The number of rotatable bonds is 1. The van der Waals surface area contributed by atoms with Gasteiger partial charge in [0.15, 0.2) is 0 Å². The van der Waals surface area contributed by atoms with Crippen molar-refractivity contribution < 1.29 is 13.2 Å². The van der Waals surface area contributed by atoms with E-state index in [1.165, 1.54) is 6.07 Å². The molecule has 0 atom stereocenters. The van der Waals surface area contributed by atoms with Crippen molar-refractivity contribution >= 4 is 5.69 Å². The summed E-state index contributed by atoms with van der Waals surface area (Å²) in [5.74, 6) is 0. The normalized spacial score (nSPS) is 17.3. The number of benzene rings is 1. The predicted octanol–water partition coefficient (Wildman–Crippen LogP) is 4.00. The summed E-state index contributed by atoms with van der Waals surface area (Å²) in [5.41, 5.74) is 0.486. The molecule has 1 aliphatic heterocycles. The summed E-state index contributed by atoms with van der Waals surface area (Å²) in [5, 5.41) is 0. The summed E-state index contributed by atoms with van der Waals surface area (Å²) in [6.07, 6.45) is -1.20. The first-order chi connectivity index (χ1) is 7.98. The third-order valence-corrected chi connectivity index (χ3v) is 3.15. The second-order valence-electron chi connectivity index (χ2n) is 4.57. The van der Waals surface area contributed by atoms with Gasteiger partial charge in [-0.1, -0.05) is 11.6 Å². The Morgan fingerprint density at radius 2 is 1.71 bits per heavy atom. The van der Waals surface area contributed by atoms with Crippen molar-refractivity contribution in [2.75, 3.05) is 18.0 Å². The van der Waals surface area contributed by atoms with Crippen LogP contribution in [0.1, 0.15) is 30.4 Å². The molecular formula is C13H16F3N. The van der Waals surface area contributed by atoms with Gasteiger partial charge < -0.3 is 4.90 Å². The topological polar surface area (TPSA) is 3.24 Å². The van der Waals surface area contributed by atoms with Crippen LogP contribution in [-0.2, 0) is 6.18 Å². The smallest absolute Gasteiger partial charge is 0.371 e. The highest BCUT2D eigenvalue weighted by atomic mass is 19.4. The van der Waals surface area contributed by atoms with Crippen molar-refractivity contribution in [1.29, 1.82) is 0 Å². The van der Waals surface area contributed by atoms with Crippen LogP contribution in [0.2, 0.25) is 0 Å². The number of alkyl halides is 3. The van der Waals surface area contributed by atoms with Gasteiger partial charge in [0, 0.05) is 18.8 Å². The molecule has 0 N–H and O–H groups in total. The molecule has 0 unspecified atom stereocenters. The molecule has 0 spiro atoms. The minimum Gasteiger partial charge on any atom is -0.371 e. The number of piperidine rings is 1. The molecule has 1 aromatic rings. The largest absolute Gasteiger partial charge is 0.418 e. The molecule has 1 aromatic carbocycles. The van der Waals surface area contributed by atoms with Crippen molar-refractivity contribution in [1.82, 2.24) is 0 Å². The van der Waals surface area contributed by atoms with E-state index < -0.39 is 11.7 Å². The maximum Gasteiger partial charge on any atom is 0.418 e. The lowest BCUT2D eigenvalue weighted by molar-refractivity contribution is -0.137. The van der Waals surface area contributed by atoms with Crippen LogP contribution in [0, 0.1) is 6.92 Å². The third-order valence-electron chi connectivity index (χ3n) is 3.15. The maximum absolute atomic E-state index is 13.0. The summed E-state index contributed by atoms with van der Waals surface area (Å²) in [6.45, 7) is 3.15. The van der Waals surface area contributed by atoms with Crippen LogP contribution >= 0.6 is 0 Å². The Labute approximate surface area is 99.2 Å². The fourth-order valence-electron chi connectivity index (χ4n) is 2.29. The van der Waals surface area contributed by atoms with Gasteiger partial charge in [-0.3, -0.25) is 0 Å². The fourth-order valence-corrected chi connectivity index (χ4v) is 2.29. The van der Waals surface area contributed by atoms with Crippen molar-refractivity contribution in [3.05, 3.63) is 29.3 Å². The molecule has 1 saturated heterocycles. The fraction of sp³-hybridized carbons (Fsp3) is 0.538. The monoisotopic (exact) mass is 243 g/mol. The van der Waals surface area contributed by atoms with Crippen LogP contribution in [0.3, 0.4) is 0 Å². The molecule has 0 saturated carbocycles. The van der Waals surface area contributed by atoms with Crippen molar-refractivity contribution in [2.45, 2.75) is 32.4 Å². The molecule has 2 rings (SSSR count). The molecule has 1 heterocycles. The van der Waals surface area contributed by atoms with Gasteiger partial charge in [-0.15, -0.1) is 0 Å². The first kappa shape index (κ1) is 12.3. The van der Waals surface area contributed by atoms with Gasteiger partial charge in [0.05, 0.1) is 5.56 Å². The highest BCUT2D eigenvalue weighted by molar-refractivity contribution is 5.56.